The van der Waals surface area contributed by atoms with Crippen molar-refractivity contribution in [1.82, 2.24) is 0 Å². The zero-order valence-corrected chi connectivity index (χ0v) is 10.4. The van der Waals surface area contributed by atoms with Crippen molar-refractivity contribution in [1.29, 1.82) is 0 Å². The predicted octanol–water partition coefficient (Wildman–Crippen LogP) is 2.05. The molecule has 4 heteroatoms. The molecule has 1 rings (SSSR count). The summed E-state index contributed by atoms with van der Waals surface area (Å²) in [6.07, 6.45) is 2.57. The first-order chi connectivity index (χ1) is 7.12. The van der Waals surface area contributed by atoms with Gasteiger partial charge in [-0.3, -0.25) is 4.79 Å². The summed E-state index contributed by atoms with van der Waals surface area (Å²) in [5.74, 6) is 0.663. The van der Waals surface area contributed by atoms with Crippen LogP contribution in [-0.2, 0) is 14.3 Å². The third-order valence-corrected chi connectivity index (χ3v) is 3.37. The summed E-state index contributed by atoms with van der Waals surface area (Å²) in [4.78, 5) is 11.5. The standard InChI is InChI=1S/C11H20O3S/c1-3-13-7-9(2)14-10(12)6-11(8-15)4-5-11/h9,15H,3-8H2,1-2H3. The van der Waals surface area contributed by atoms with Gasteiger partial charge in [0.1, 0.15) is 6.10 Å². The Morgan fingerprint density at radius 3 is 2.67 bits per heavy atom. The molecule has 1 atom stereocenters. The molecule has 88 valence electrons. The van der Waals surface area contributed by atoms with Crippen LogP contribution in [0.15, 0.2) is 0 Å². The lowest BCUT2D eigenvalue weighted by Crippen LogP contribution is -2.22. The van der Waals surface area contributed by atoms with E-state index in [4.69, 9.17) is 9.47 Å². The van der Waals surface area contributed by atoms with Crippen molar-refractivity contribution < 1.29 is 14.3 Å². The van der Waals surface area contributed by atoms with E-state index in [0.29, 0.717) is 19.6 Å². The summed E-state index contributed by atoms with van der Waals surface area (Å²) in [5, 5.41) is 0. The van der Waals surface area contributed by atoms with Crippen LogP contribution in [0.4, 0.5) is 0 Å². The van der Waals surface area contributed by atoms with E-state index in [1.165, 1.54) is 0 Å². The zero-order valence-electron chi connectivity index (χ0n) is 9.49. The highest BCUT2D eigenvalue weighted by Crippen LogP contribution is 2.49. The molecule has 0 heterocycles. The van der Waals surface area contributed by atoms with E-state index in [1.54, 1.807) is 0 Å². The number of esters is 1. The molecule has 0 spiro atoms. The molecule has 1 aliphatic carbocycles. The minimum Gasteiger partial charge on any atom is -0.460 e. The number of carbonyl (C=O) groups excluding carboxylic acids is 1. The van der Waals surface area contributed by atoms with Crippen LogP contribution in [0.1, 0.15) is 33.1 Å². The molecule has 1 saturated carbocycles. The molecule has 0 bridgehead atoms. The Kier molecular flexibility index (Phi) is 4.93. The number of hydrogen-bond donors (Lipinski definition) is 1. The first-order valence-corrected chi connectivity index (χ1v) is 6.13. The molecular formula is C11H20O3S. The Balaban J connectivity index is 2.18. The molecule has 0 saturated heterocycles. The molecule has 1 fully saturated rings. The fraction of sp³-hybridized carbons (Fsp3) is 0.909. The molecule has 0 aromatic heterocycles. The summed E-state index contributed by atoms with van der Waals surface area (Å²) in [7, 11) is 0. The van der Waals surface area contributed by atoms with E-state index >= 15 is 0 Å². The molecule has 0 aromatic carbocycles. The molecule has 1 unspecified atom stereocenters. The van der Waals surface area contributed by atoms with Gasteiger partial charge in [0.15, 0.2) is 0 Å². The average Bonchev–Trinajstić information content (AvgIpc) is 2.95. The Bertz CT molecular complexity index is 214. The van der Waals surface area contributed by atoms with Gasteiger partial charge in [-0.15, -0.1) is 0 Å². The quantitative estimate of drug-likeness (QED) is 0.539. The maximum atomic E-state index is 11.5. The smallest absolute Gasteiger partial charge is 0.306 e. The van der Waals surface area contributed by atoms with Gasteiger partial charge in [0.2, 0.25) is 0 Å². The van der Waals surface area contributed by atoms with Gasteiger partial charge in [0.25, 0.3) is 0 Å². The fourth-order valence-corrected chi connectivity index (χ4v) is 1.89. The van der Waals surface area contributed by atoms with E-state index in [0.717, 1.165) is 18.6 Å². The molecule has 0 aliphatic heterocycles. The monoisotopic (exact) mass is 232 g/mol. The van der Waals surface area contributed by atoms with Crippen molar-refractivity contribution in [2.45, 2.75) is 39.2 Å². The second-order valence-electron chi connectivity index (χ2n) is 4.29. The van der Waals surface area contributed by atoms with E-state index < -0.39 is 0 Å². The minimum absolute atomic E-state index is 0.117. The molecule has 15 heavy (non-hydrogen) atoms. The van der Waals surface area contributed by atoms with E-state index in [9.17, 15) is 4.79 Å². The van der Waals surface area contributed by atoms with Gasteiger partial charge in [0, 0.05) is 6.61 Å². The van der Waals surface area contributed by atoms with Crippen LogP contribution in [-0.4, -0.2) is 31.0 Å². The third-order valence-electron chi connectivity index (χ3n) is 2.70. The highest BCUT2D eigenvalue weighted by molar-refractivity contribution is 7.80. The highest BCUT2D eigenvalue weighted by atomic mass is 32.1. The molecule has 0 N–H and O–H groups in total. The Labute approximate surface area is 96.9 Å². The molecule has 0 aromatic rings. The minimum atomic E-state index is -0.145. The van der Waals surface area contributed by atoms with Crippen molar-refractivity contribution in [2.24, 2.45) is 5.41 Å². The first-order valence-electron chi connectivity index (χ1n) is 5.50. The van der Waals surface area contributed by atoms with E-state index in [-0.39, 0.29) is 17.5 Å². The van der Waals surface area contributed by atoms with Crippen LogP contribution in [0.2, 0.25) is 0 Å². The number of carbonyl (C=O) groups is 1. The van der Waals surface area contributed by atoms with E-state index in [1.807, 2.05) is 13.8 Å². The van der Waals surface area contributed by atoms with Gasteiger partial charge in [-0.25, -0.2) is 0 Å². The van der Waals surface area contributed by atoms with Crippen molar-refractivity contribution in [3.63, 3.8) is 0 Å². The molecule has 0 amide bonds. The van der Waals surface area contributed by atoms with Gasteiger partial charge in [-0.1, -0.05) is 0 Å². The van der Waals surface area contributed by atoms with Crippen molar-refractivity contribution in [2.75, 3.05) is 19.0 Å². The second kappa shape index (κ2) is 5.75. The topological polar surface area (TPSA) is 35.5 Å². The van der Waals surface area contributed by atoms with Gasteiger partial charge in [-0.2, -0.15) is 12.6 Å². The van der Waals surface area contributed by atoms with Crippen molar-refractivity contribution in [3.8, 4) is 0 Å². The lowest BCUT2D eigenvalue weighted by Gasteiger charge is -2.15. The number of thiol groups is 1. The van der Waals surface area contributed by atoms with Gasteiger partial charge < -0.3 is 9.47 Å². The highest BCUT2D eigenvalue weighted by Gasteiger charge is 2.43. The summed E-state index contributed by atoms with van der Waals surface area (Å²) in [5.41, 5.74) is 0.144. The number of hydrogen-bond acceptors (Lipinski definition) is 4. The van der Waals surface area contributed by atoms with Gasteiger partial charge in [0.05, 0.1) is 13.0 Å². The first kappa shape index (κ1) is 12.8. The summed E-state index contributed by atoms with van der Waals surface area (Å²) < 4.78 is 10.4. The van der Waals surface area contributed by atoms with Crippen LogP contribution >= 0.6 is 12.6 Å². The zero-order chi connectivity index (χ0) is 11.3. The summed E-state index contributed by atoms with van der Waals surface area (Å²) in [6, 6.07) is 0. The molecule has 0 radical (unpaired) electrons. The van der Waals surface area contributed by atoms with Gasteiger partial charge >= 0.3 is 5.97 Å². The van der Waals surface area contributed by atoms with E-state index in [2.05, 4.69) is 12.6 Å². The fourth-order valence-electron chi connectivity index (χ4n) is 1.46. The van der Waals surface area contributed by atoms with Crippen molar-refractivity contribution in [3.05, 3.63) is 0 Å². The summed E-state index contributed by atoms with van der Waals surface area (Å²) in [6.45, 7) is 4.92. The molecule has 1 aliphatic rings. The van der Waals surface area contributed by atoms with Gasteiger partial charge in [-0.05, 0) is 37.9 Å². The van der Waals surface area contributed by atoms with Crippen LogP contribution in [0.3, 0.4) is 0 Å². The maximum absolute atomic E-state index is 11.5. The Morgan fingerprint density at radius 2 is 2.20 bits per heavy atom. The number of ether oxygens (including phenoxy) is 2. The third kappa shape index (κ3) is 4.43. The maximum Gasteiger partial charge on any atom is 0.306 e. The number of rotatable bonds is 7. The molecule has 3 nitrogen and oxygen atoms in total. The largest absolute Gasteiger partial charge is 0.460 e. The van der Waals surface area contributed by atoms with Crippen molar-refractivity contribution >= 4 is 18.6 Å². The van der Waals surface area contributed by atoms with Crippen LogP contribution in [0.5, 0.6) is 0 Å². The van der Waals surface area contributed by atoms with Crippen LogP contribution in [0, 0.1) is 5.41 Å². The summed E-state index contributed by atoms with van der Waals surface area (Å²) >= 11 is 4.25. The molecular weight excluding hydrogens is 212 g/mol. The second-order valence-corrected chi connectivity index (χ2v) is 4.61. The lowest BCUT2D eigenvalue weighted by molar-refractivity contribution is -0.152. The Hall–Kier alpha value is -0.220. The Morgan fingerprint density at radius 1 is 1.53 bits per heavy atom. The average molecular weight is 232 g/mol. The van der Waals surface area contributed by atoms with Crippen LogP contribution in [0.25, 0.3) is 0 Å². The predicted molar refractivity (Wildman–Crippen MR) is 62.2 cm³/mol. The SMILES string of the molecule is CCOCC(C)OC(=O)CC1(CS)CC1. The van der Waals surface area contributed by atoms with Crippen LogP contribution < -0.4 is 0 Å². The lowest BCUT2D eigenvalue weighted by atomic mass is 10.1. The normalized spacial score (nSPS) is 19.7.